The minimum Gasteiger partial charge on any atom is -0.465 e. The molecular weight excluding hydrogens is 116 g/mol. The summed E-state index contributed by atoms with van der Waals surface area (Å²) in [6, 6.07) is 0. The first-order chi connectivity index (χ1) is 4.00. The minimum atomic E-state index is -1.33. The van der Waals surface area contributed by atoms with Gasteiger partial charge in [-0.15, -0.1) is 0 Å². The lowest BCUT2D eigenvalue weighted by molar-refractivity contribution is 0.204. The van der Waals surface area contributed by atoms with Gasteiger partial charge in [0.25, 0.3) is 1.43 Å². The predicted molar refractivity (Wildman–Crippen MR) is 24.4 cm³/mol. The number of amides is 2. The quantitative estimate of drug-likeness (QED) is 0.337. The van der Waals surface area contributed by atoms with E-state index < -0.39 is 12.2 Å². The number of primary amides is 2. The molecule has 2 amide bonds. The van der Waals surface area contributed by atoms with Gasteiger partial charge in [-0.05, 0) is 0 Å². The number of rotatable bonds is 0. The molecule has 0 aromatic heterocycles. The van der Waals surface area contributed by atoms with Crippen molar-refractivity contribution in [2.75, 3.05) is 0 Å². The monoisotopic (exact) mass is 123 g/mol. The van der Waals surface area contributed by atoms with Gasteiger partial charge in [0, 0.05) is 0 Å². The van der Waals surface area contributed by atoms with Gasteiger partial charge in [0.15, 0.2) is 0 Å². The second kappa shape index (κ2) is 5.54. The molecule has 6 heteroatoms. The Kier molecular flexibility index (Phi) is 4.53. The van der Waals surface area contributed by atoms with Crippen molar-refractivity contribution in [1.82, 2.24) is 0 Å². The van der Waals surface area contributed by atoms with Crippen molar-refractivity contribution < 1.29 is 19.8 Å². The summed E-state index contributed by atoms with van der Waals surface area (Å²) in [4.78, 5) is 18.0. The third kappa shape index (κ3) is 26.7. The topological polar surface area (TPSA) is 127 Å². The zero-order chi connectivity index (χ0) is 7.86. The van der Waals surface area contributed by atoms with E-state index in [0.29, 0.717) is 0 Å². The van der Waals surface area contributed by atoms with Crippen LogP contribution in [-0.2, 0) is 0 Å². The van der Waals surface area contributed by atoms with Gasteiger partial charge in [-0.2, -0.15) is 0 Å². The van der Waals surface area contributed by atoms with Crippen molar-refractivity contribution in [2.45, 2.75) is 0 Å². The molecule has 0 aliphatic carbocycles. The lowest BCUT2D eigenvalue weighted by atomic mass is 11.3. The third-order valence-electron chi connectivity index (χ3n) is 0. The van der Waals surface area contributed by atoms with E-state index in [9.17, 15) is 4.79 Å². The zero-order valence-corrected chi connectivity index (χ0v) is 3.83. The Morgan fingerprint density at radius 1 is 1.38 bits per heavy atom. The maximum Gasteiger partial charge on any atom is 0.402 e. The molecule has 0 aliphatic heterocycles. The first kappa shape index (κ1) is 6.54. The Morgan fingerprint density at radius 2 is 1.50 bits per heavy atom. The number of hydrogen-bond donors (Lipinski definition) is 4. The molecule has 0 aromatic carbocycles. The average molecular weight is 123 g/mol. The van der Waals surface area contributed by atoms with E-state index in [-0.39, 0.29) is 0 Å². The van der Waals surface area contributed by atoms with Crippen LogP contribution >= 0.6 is 0 Å². The molecule has 0 spiro atoms. The molecule has 8 heavy (non-hydrogen) atoms. The fourth-order valence-corrected chi connectivity index (χ4v) is 0. The Morgan fingerprint density at radius 3 is 1.50 bits per heavy atom. The summed E-state index contributed by atoms with van der Waals surface area (Å²) in [7, 11) is 0. The molecule has 0 saturated heterocycles. The molecule has 0 radical (unpaired) electrons. The molecule has 0 fully saturated rings. The SMILES string of the molecule is NC(=O)O.[2H]OC(N)=O. The van der Waals surface area contributed by atoms with Gasteiger partial charge in [0.1, 0.15) is 0 Å². The highest BCUT2D eigenvalue weighted by atomic mass is 16.4. The smallest absolute Gasteiger partial charge is 0.402 e. The predicted octanol–water partition coefficient (Wildman–Crippen LogP) is -0.754. The van der Waals surface area contributed by atoms with Crippen molar-refractivity contribution in [3.8, 4) is 0 Å². The summed E-state index contributed by atoms with van der Waals surface area (Å²) in [5, 5.41) is 10.3. The molecule has 0 unspecified atom stereocenters. The van der Waals surface area contributed by atoms with Gasteiger partial charge >= 0.3 is 12.2 Å². The van der Waals surface area contributed by atoms with Crippen LogP contribution in [0.5, 0.6) is 0 Å². The molecule has 48 valence electrons. The molecule has 0 aromatic rings. The molecule has 0 aliphatic rings. The summed E-state index contributed by atoms with van der Waals surface area (Å²) in [6.45, 7) is 0. The van der Waals surface area contributed by atoms with Crippen LogP contribution in [0, 0.1) is 0 Å². The van der Waals surface area contributed by atoms with Gasteiger partial charge in [0.05, 0.1) is 0 Å². The molecule has 0 saturated carbocycles. The number of nitrogens with two attached hydrogens (primary N) is 2. The normalized spacial score (nSPS) is 7.25. The molecule has 0 heterocycles. The van der Waals surface area contributed by atoms with Crippen molar-refractivity contribution in [1.29, 1.82) is 1.43 Å². The highest BCUT2D eigenvalue weighted by Gasteiger charge is 1.65. The van der Waals surface area contributed by atoms with Crippen molar-refractivity contribution in [2.24, 2.45) is 11.5 Å². The highest BCUT2D eigenvalue weighted by molar-refractivity contribution is 5.61. The molecule has 0 rings (SSSR count). The van der Waals surface area contributed by atoms with Gasteiger partial charge in [-0.1, -0.05) is 0 Å². The lowest BCUT2D eigenvalue weighted by Gasteiger charge is -1.61. The van der Waals surface area contributed by atoms with Crippen LogP contribution in [0.4, 0.5) is 9.59 Å². The number of carboxylic acid groups (broad SMARTS) is 2. The number of hydrogen-bond acceptors (Lipinski definition) is 3. The number of carbonyl (C=O) groups is 2. The average Bonchev–Trinajstić information content (AvgIpc) is 1.65. The second-order valence-electron chi connectivity index (χ2n) is 0.657. The van der Waals surface area contributed by atoms with Crippen molar-refractivity contribution in [3.05, 3.63) is 0 Å². The van der Waals surface area contributed by atoms with Crippen molar-refractivity contribution in [3.63, 3.8) is 0 Å². The van der Waals surface area contributed by atoms with E-state index >= 15 is 0 Å². The van der Waals surface area contributed by atoms with Gasteiger partial charge in [0.2, 0.25) is 0 Å². The summed E-state index contributed by atoms with van der Waals surface area (Å²) >= 11 is 0. The van der Waals surface area contributed by atoms with E-state index in [1.165, 1.54) is 0 Å². The highest BCUT2D eigenvalue weighted by Crippen LogP contribution is 1.35. The van der Waals surface area contributed by atoms with E-state index in [1.807, 2.05) is 0 Å². The molecule has 6 nitrogen and oxygen atoms in total. The van der Waals surface area contributed by atoms with Crippen LogP contribution in [0.15, 0.2) is 0 Å². The largest absolute Gasteiger partial charge is 0.465 e. The van der Waals surface area contributed by atoms with Gasteiger partial charge in [-0.25, -0.2) is 9.59 Å². The molecule has 0 bridgehead atoms. The Hall–Kier alpha value is -1.46. The zero-order valence-electron chi connectivity index (χ0n) is 4.83. The lowest BCUT2D eigenvalue weighted by Crippen LogP contribution is -2.03. The van der Waals surface area contributed by atoms with Crippen LogP contribution in [0.3, 0.4) is 0 Å². The van der Waals surface area contributed by atoms with Crippen LogP contribution in [-0.4, -0.2) is 22.4 Å². The fraction of sp³-hybridized carbons (Fsp3) is 0. The first-order valence-corrected chi connectivity index (χ1v) is 1.41. The summed E-state index contributed by atoms with van der Waals surface area (Å²) in [5.41, 5.74) is 8.27. The second-order valence-corrected chi connectivity index (χ2v) is 0.657. The Bertz CT molecular complexity index is 101. The van der Waals surface area contributed by atoms with E-state index in [2.05, 4.69) is 16.6 Å². The minimum absolute atomic E-state index is 1.08. The molecule has 6 N–H and O–H groups in total. The molecule has 0 atom stereocenters. The van der Waals surface area contributed by atoms with E-state index in [4.69, 9.17) is 11.3 Å². The van der Waals surface area contributed by atoms with Crippen LogP contribution in [0.1, 0.15) is 0 Å². The van der Waals surface area contributed by atoms with Crippen LogP contribution < -0.4 is 11.5 Å². The van der Waals surface area contributed by atoms with Crippen LogP contribution in [0.2, 0.25) is 0 Å². The van der Waals surface area contributed by atoms with Gasteiger partial charge < -0.3 is 21.7 Å². The first-order valence-electron chi connectivity index (χ1n) is 1.82. The summed E-state index contributed by atoms with van der Waals surface area (Å²) in [5.74, 6) is 0. The molecular formula is C2H6N2O4. The maximum absolute atomic E-state index is 9.18. The van der Waals surface area contributed by atoms with E-state index in [0.717, 1.165) is 0 Å². The third-order valence-corrected chi connectivity index (χ3v) is 0. The summed E-state index contributed by atoms with van der Waals surface area (Å²) in [6.07, 6.45) is -2.41. The fourth-order valence-electron chi connectivity index (χ4n) is 0. The van der Waals surface area contributed by atoms with Crippen LogP contribution in [0.25, 0.3) is 1.43 Å². The van der Waals surface area contributed by atoms with Crippen molar-refractivity contribution >= 4 is 12.2 Å². The van der Waals surface area contributed by atoms with E-state index in [1.54, 1.807) is 0 Å². The standard InChI is InChI=1S/2CH3NO2/c2*2-1(3)4/h2*2H2,(H,3,4)/i/hD. The Balaban J connectivity index is 0. The summed E-state index contributed by atoms with van der Waals surface area (Å²) < 4.78 is 5.68. The van der Waals surface area contributed by atoms with Gasteiger partial charge in [-0.3, -0.25) is 0 Å². The Labute approximate surface area is 46.2 Å². The maximum atomic E-state index is 9.18.